The second-order valence-electron chi connectivity index (χ2n) is 5.08. The highest BCUT2D eigenvalue weighted by Gasteiger charge is 2.09. The Morgan fingerprint density at radius 3 is 2.71 bits per heavy atom. The smallest absolute Gasteiger partial charge is 0.308 e. The molecule has 0 unspecified atom stereocenters. The normalized spacial score (nSPS) is 10.4. The lowest BCUT2D eigenvalue weighted by Gasteiger charge is -2.06. The lowest BCUT2D eigenvalue weighted by Crippen LogP contribution is -2.19. The number of carbonyl (C=O) groups excluding carboxylic acids is 1. The van der Waals surface area contributed by atoms with E-state index in [0.29, 0.717) is 22.3 Å². The topological polar surface area (TPSA) is 79.8 Å². The molecule has 2 amide bonds. The van der Waals surface area contributed by atoms with Crippen LogP contribution in [0, 0.1) is 6.92 Å². The van der Waals surface area contributed by atoms with Gasteiger partial charge in [-0.2, -0.15) is 0 Å². The SMILES string of the molecule is Cc1ccc(NC(=O)Nc2nnc(Cc3ccncc3)s2)cc1Cl. The van der Waals surface area contributed by atoms with Crippen LogP contribution < -0.4 is 10.6 Å². The standard InChI is InChI=1S/C16H14ClN5OS/c1-10-2-3-12(9-13(10)17)19-15(23)20-16-22-21-14(24-16)8-11-4-6-18-7-5-11/h2-7,9H,8H2,1H3,(H2,19,20,22,23). The molecule has 3 rings (SSSR count). The van der Waals surface area contributed by atoms with Crippen LogP contribution in [0.4, 0.5) is 15.6 Å². The van der Waals surface area contributed by atoms with E-state index in [4.69, 9.17) is 11.6 Å². The first-order valence-electron chi connectivity index (χ1n) is 7.15. The molecule has 24 heavy (non-hydrogen) atoms. The summed E-state index contributed by atoms with van der Waals surface area (Å²) in [6.07, 6.45) is 4.11. The van der Waals surface area contributed by atoms with Crippen molar-refractivity contribution in [1.82, 2.24) is 15.2 Å². The van der Waals surface area contributed by atoms with Crippen LogP contribution in [0.2, 0.25) is 5.02 Å². The van der Waals surface area contributed by atoms with Crippen molar-refractivity contribution < 1.29 is 4.79 Å². The van der Waals surface area contributed by atoms with Crippen LogP contribution in [-0.4, -0.2) is 21.2 Å². The molecule has 2 aromatic heterocycles. The van der Waals surface area contributed by atoms with Crippen LogP contribution in [-0.2, 0) is 6.42 Å². The molecule has 0 saturated heterocycles. The summed E-state index contributed by atoms with van der Waals surface area (Å²) >= 11 is 7.37. The minimum atomic E-state index is -0.387. The number of pyridine rings is 1. The number of halogens is 1. The Hall–Kier alpha value is -2.51. The Balaban J connectivity index is 1.59. The van der Waals surface area contributed by atoms with E-state index in [1.54, 1.807) is 24.5 Å². The van der Waals surface area contributed by atoms with Gasteiger partial charge in [0.05, 0.1) is 0 Å². The van der Waals surface area contributed by atoms with E-state index < -0.39 is 0 Å². The Bertz CT molecular complexity index is 853. The molecule has 0 atom stereocenters. The lowest BCUT2D eigenvalue weighted by molar-refractivity contribution is 0.262. The Morgan fingerprint density at radius 1 is 1.17 bits per heavy atom. The number of amides is 2. The molecule has 0 aliphatic carbocycles. The summed E-state index contributed by atoms with van der Waals surface area (Å²) in [6, 6.07) is 8.78. The van der Waals surface area contributed by atoms with Crippen LogP contribution in [0.25, 0.3) is 0 Å². The number of rotatable bonds is 4. The van der Waals surface area contributed by atoms with Gasteiger partial charge in [-0.25, -0.2) is 4.79 Å². The molecule has 0 spiro atoms. The number of hydrogen-bond acceptors (Lipinski definition) is 5. The van der Waals surface area contributed by atoms with Crippen molar-refractivity contribution in [2.75, 3.05) is 10.6 Å². The predicted molar refractivity (Wildman–Crippen MR) is 95.8 cm³/mol. The second-order valence-corrected chi connectivity index (χ2v) is 6.55. The molecule has 2 heterocycles. The number of aryl methyl sites for hydroxylation is 1. The number of benzene rings is 1. The fraction of sp³-hybridized carbons (Fsp3) is 0.125. The van der Waals surface area contributed by atoms with Gasteiger partial charge in [-0.05, 0) is 42.3 Å². The lowest BCUT2D eigenvalue weighted by atomic mass is 10.2. The molecule has 6 nitrogen and oxygen atoms in total. The summed E-state index contributed by atoms with van der Waals surface area (Å²) in [6.45, 7) is 1.90. The largest absolute Gasteiger partial charge is 0.325 e. The molecule has 0 aliphatic heterocycles. The maximum Gasteiger partial charge on any atom is 0.325 e. The monoisotopic (exact) mass is 359 g/mol. The summed E-state index contributed by atoms with van der Waals surface area (Å²) in [5.74, 6) is 0. The maximum atomic E-state index is 12.0. The summed E-state index contributed by atoms with van der Waals surface area (Å²) in [7, 11) is 0. The number of urea groups is 1. The summed E-state index contributed by atoms with van der Waals surface area (Å²) in [5.41, 5.74) is 2.66. The van der Waals surface area contributed by atoms with Gasteiger partial charge in [-0.15, -0.1) is 10.2 Å². The summed E-state index contributed by atoms with van der Waals surface area (Å²) in [5, 5.41) is 15.3. The molecular weight excluding hydrogens is 346 g/mol. The van der Waals surface area contributed by atoms with E-state index in [0.717, 1.165) is 16.1 Å². The van der Waals surface area contributed by atoms with Crippen molar-refractivity contribution in [1.29, 1.82) is 0 Å². The van der Waals surface area contributed by atoms with E-state index in [9.17, 15) is 4.79 Å². The first-order valence-corrected chi connectivity index (χ1v) is 8.35. The van der Waals surface area contributed by atoms with Gasteiger partial charge in [0.1, 0.15) is 5.01 Å². The van der Waals surface area contributed by atoms with Gasteiger partial charge in [0.2, 0.25) is 5.13 Å². The zero-order chi connectivity index (χ0) is 16.9. The van der Waals surface area contributed by atoms with Crippen molar-refractivity contribution in [3.05, 3.63) is 63.9 Å². The fourth-order valence-corrected chi connectivity index (χ4v) is 2.93. The molecule has 0 saturated carbocycles. The first kappa shape index (κ1) is 16.4. The van der Waals surface area contributed by atoms with E-state index in [1.807, 2.05) is 25.1 Å². The number of anilines is 2. The molecule has 8 heteroatoms. The van der Waals surface area contributed by atoms with E-state index in [1.165, 1.54) is 11.3 Å². The van der Waals surface area contributed by atoms with E-state index in [-0.39, 0.29) is 6.03 Å². The average molecular weight is 360 g/mol. The molecule has 122 valence electrons. The number of nitrogens with zero attached hydrogens (tertiary/aromatic N) is 3. The molecule has 1 aromatic carbocycles. The van der Waals surface area contributed by atoms with Gasteiger partial charge in [-0.3, -0.25) is 10.3 Å². The van der Waals surface area contributed by atoms with Gasteiger partial charge < -0.3 is 5.32 Å². The molecule has 3 aromatic rings. The van der Waals surface area contributed by atoms with Crippen molar-refractivity contribution in [2.45, 2.75) is 13.3 Å². The van der Waals surface area contributed by atoms with Crippen LogP contribution in [0.3, 0.4) is 0 Å². The molecule has 0 bridgehead atoms. The van der Waals surface area contributed by atoms with Gasteiger partial charge in [-0.1, -0.05) is 29.0 Å². The van der Waals surface area contributed by atoms with E-state index in [2.05, 4.69) is 25.8 Å². The Morgan fingerprint density at radius 2 is 1.96 bits per heavy atom. The fourth-order valence-electron chi connectivity index (χ4n) is 1.98. The molecular formula is C16H14ClN5OS. The molecule has 0 fully saturated rings. The van der Waals surface area contributed by atoms with E-state index >= 15 is 0 Å². The number of nitrogens with one attached hydrogen (secondary N) is 2. The zero-order valence-corrected chi connectivity index (χ0v) is 14.4. The highest BCUT2D eigenvalue weighted by molar-refractivity contribution is 7.15. The number of carbonyl (C=O) groups is 1. The van der Waals surface area contributed by atoms with Gasteiger partial charge >= 0.3 is 6.03 Å². The highest BCUT2D eigenvalue weighted by atomic mass is 35.5. The maximum absolute atomic E-state index is 12.0. The van der Waals surface area contributed by atoms with Gasteiger partial charge in [0.25, 0.3) is 0 Å². The first-order chi connectivity index (χ1) is 11.6. The predicted octanol–water partition coefficient (Wildman–Crippen LogP) is 4.13. The number of aromatic nitrogens is 3. The van der Waals surface area contributed by atoms with Crippen molar-refractivity contribution in [2.24, 2.45) is 0 Å². The van der Waals surface area contributed by atoms with Gasteiger partial charge in [0, 0.05) is 29.5 Å². The molecule has 2 N–H and O–H groups in total. The Kier molecular flexibility index (Phi) is 5.02. The quantitative estimate of drug-likeness (QED) is 0.734. The summed E-state index contributed by atoms with van der Waals surface area (Å²) in [4.78, 5) is 16.0. The minimum absolute atomic E-state index is 0.387. The summed E-state index contributed by atoms with van der Waals surface area (Å²) < 4.78 is 0. The third kappa shape index (κ3) is 4.27. The molecule has 0 radical (unpaired) electrons. The third-order valence-electron chi connectivity index (χ3n) is 3.22. The van der Waals surface area contributed by atoms with Crippen molar-refractivity contribution >= 4 is 39.8 Å². The van der Waals surface area contributed by atoms with Crippen molar-refractivity contribution in [3.8, 4) is 0 Å². The average Bonchev–Trinajstić information content (AvgIpc) is 2.99. The number of hydrogen-bond donors (Lipinski definition) is 2. The minimum Gasteiger partial charge on any atom is -0.308 e. The van der Waals surface area contributed by atoms with Crippen LogP contribution in [0.5, 0.6) is 0 Å². The Labute approximate surface area is 147 Å². The van der Waals surface area contributed by atoms with Crippen LogP contribution in [0.1, 0.15) is 16.1 Å². The van der Waals surface area contributed by atoms with Crippen molar-refractivity contribution in [3.63, 3.8) is 0 Å². The van der Waals surface area contributed by atoms with Gasteiger partial charge in [0.15, 0.2) is 0 Å². The zero-order valence-electron chi connectivity index (χ0n) is 12.8. The second kappa shape index (κ2) is 7.37. The molecule has 0 aliphatic rings. The van der Waals surface area contributed by atoms with Crippen LogP contribution in [0.15, 0.2) is 42.7 Å². The highest BCUT2D eigenvalue weighted by Crippen LogP contribution is 2.21. The third-order valence-corrected chi connectivity index (χ3v) is 4.47. The van der Waals surface area contributed by atoms with Crippen LogP contribution >= 0.6 is 22.9 Å².